The highest BCUT2D eigenvalue weighted by atomic mass is 32.1. The third-order valence-corrected chi connectivity index (χ3v) is 3.58. The Hall–Kier alpha value is -1.99. The van der Waals surface area contributed by atoms with Crippen molar-refractivity contribution in [1.29, 1.82) is 0 Å². The first-order valence-electron chi connectivity index (χ1n) is 5.98. The first-order valence-corrected chi connectivity index (χ1v) is 6.79. The standard InChI is InChI=1S/C13H14N2O4S/c1-8(16)12-5-10(15(17)18)3-4-13(12)19-7-11-6-14-9(2)20-11/h3-6,8,16H,7H2,1-2H3. The first kappa shape index (κ1) is 14.4. The van der Waals surface area contributed by atoms with E-state index in [1.54, 1.807) is 13.1 Å². The number of aliphatic hydroxyl groups excluding tert-OH is 1. The van der Waals surface area contributed by atoms with E-state index in [9.17, 15) is 15.2 Å². The summed E-state index contributed by atoms with van der Waals surface area (Å²) < 4.78 is 5.62. The summed E-state index contributed by atoms with van der Waals surface area (Å²) in [6, 6.07) is 4.20. The monoisotopic (exact) mass is 294 g/mol. The van der Waals surface area contributed by atoms with Gasteiger partial charge in [-0.15, -0.1) is 11.3 Å². The molecule has 0 bridgehead atoms. The Balaban J connectivity index is 2.20. The normalized spacial score (nSPS) is 12.2. The number of non-ortho nitro benzene ring substituents is 1. The van der Waals surface area contributed by atoms with E-state index in [-0.39, 0.29) is 5.69 Å². The van der Waals surface area contributed by atoms with Gasteiger partial charge in [-0.3, -0.25) is 10.1 Å². The zero-order valence-electron chi connectivity index (χ0n) is 11.1. The Bertz CT molecular complexity index is 625. The van der Waals surface area contributed by atoms with Gasteiger partial charge in [-0.1, -0.05) is 0 Å². The third-order valence-electron chi connectivity index (χ3n) is 2.69. The molecule has 0 saturated heterocycles. The molecule has 0 radical (unpaired) electrons. The van der Waals surface area contributed by atoms with Crippen molar-refractivity contribution in [3.8, 4) is 5.75 Å². The van der Waals surface area contributed by atoms with Crippen LogP contribution < -0.4 is 4.74 Å². The summed E-state index contributed by atoms with van der Waals surface area (Å²) in [6.07, 6.45) is 0.890. The molecule has 1 N–H and O–H groups in total. The molecule has 1 atom stereocenters. The zero-order valence-corrected chi connectivity index (χ0v) is 11.9. The topological polar surface area (TPSA) is 85.5 Å². The van der Waals surface area contributed by atoms with Crippen molar-refractivity contribution in [2.75, 3.05) is 0 Å². The van der Waals surface area contributed by atoms with Crippen LogP contribution in [0.4, 0.5) is 5.69 Å². The van der Waals surface area contributed by atoms with Crippen molar-refractivity contribution in [3.63, 3.8) is 0 Å². The Morgan fingerprint density at radius 2 is 2.30 bits per heavy atom. The molecule has 0 aliphatic heterocycles. The molecule has 7 heteroatoms. The molecule has 0 spiro atoms. The molecule has 6 nitrogen and oxygen atoms in total. The van der Waals surface area contributed by atoms with Crippen molar-refractivity contribution in [2.45, 2.75) is 26.6 Å². The average molecular weight is 294 g/mol. The number of hydrogen-bond acceptors (Lipinski definition) is 6. The lowest BCUT2D eigenvalue weighted by Crippen LogP contribution is -2.01. The highest BCUT2D eigenvalue weighted by Crippen LogP contribution is 2.30. The largest absolute Gasteiger partial charge is 0.488 e. The van der Waals surface area contributed by atoms with E-state index in [4.69, 9.17) is 4.74 Å². The number of aromatic nitrogens is 1. The Morgan fingerprint density at radius 3 is 2.85 bits per heavy atom. The van der Waals surface area contributed by atoms with Crippen LogP contribution in [0.1, 0.15) is 28.5 Å². The Morgan fingerprint density at radius 1 is 1.55 bits per heavy atom. The van der Waals surface area contributed by atoms with Crippen LogP contribution in [0.15, 0.2) is 24.4 Å². The number of rotatable bonds is 5. The van der Waals surface area contributed by atoms with Gasteiger partial charge in [0.25, 0.3) is 5.69 Å². The summed E-state index contributed by atoms with van der Waals surface area (Å²) in [5, 5.41) is 21.4. The quantitative estimate of drug-likeness (QED) is 0.676. The molecule has 106 valence electrons. The highest BCUT2D eigenvalue weighted by Gasteiger charge is 2.15. The lowest BCUT2D eigenvalue weighted by atomic mass is 10.1. The van der Waals surface area contributed by atoms with E-state index >= 15 is 0 Å². The third kappa shape index (κ3) is 3.31. The smallest absolute Gasteiger partial charge is 0.270 e. The molecule has 1 heterocycles. The van der Waals surface area contributed by atoms with Crippen LogP contribution in [0, 0.1) is 17.0 Å². The maximum atomic E-state index is 10.7. The molecule has 20 heavy (non-hydrogen) atoms. The second-order valence-corrected chi connectivity index (χ2v) is 5.61. The number of nitro groups is 1. The van der Waals surface area contributed by atoms with Crippen LogP contribution in [-0.4, -0.2) is 15.0 Å². The molecule has 2 aromatic rings. The van der Waals surface area contributed by atoms with Crippen LogP contribution in [-0.2, 0) is 6.61 Å². The van der Waals surface area contributed by atoms with Gasteiger partial charge in [-0.25, -0.2) is 4.98 Å². The maximum Gasteiger partial charge on any atom is 0.270 e. The number of aliphatic hydroxyl groups is 1. The van der Waals surface area contributed by atoms with Crippen LogP contribution >= 0.6 is 11.3 Å². The molecule has 0 amide bonds. The van der Waals surface area contributed by atoms with Gasteiger partial charge in [-0.05, 0) is 19.9 Å². The van der Waals surface area contributed by atoms with E-state index in [1.807, 2.05) is 6.92 Å². The van der Waals surface area contributed by atoms with Gasteiger partial charge < -0.3 is 9.84 Å². The highest BCUT2D eigenvalue weighted by molar-refractivity contribution is 7.11. The number of aryl methyl sites for hydroxylation is 1. The zero-order chi connectivity index (χ0) is 14.7. The average Bonchev–Trinajstić information content (AvgIpc) is 2.81. The van der Waals surface area contributed by atoms with E-state index in [1.165, 1.54) is 29.5 Å². The summed E-state index contributed by atoms with van der Waals surface area (Å²) in [5.41, 5.74) is 0.335. The molecule has 1 aromatic heterocycles. The molecule has 0 aliphatic carbocycles. The SMILES string of the molecule is Cc1ncc(COc2ccc([N+](=O)[O-])cc2C(C)O)s1. The van der Waals surface area contributed by atoms with E-state index in [0.717, 1.165) is 9.88 Å². The number of hydrogen-bond donors (Lipinski definition) is 1. The molecule has 2 rings (SSSR count). The summed E-state index contributed by atoms with van der Waals surface area (Å²) >= 11 is 1.52. The van der Waals surface area contributed by atoms with Crippen LogP contribution in [0.2, 0.25) is 0 Å². The van der Waals surface area contributed by atoms with Crippen LogP contribution in [0.3, 0.4) is 0 Å². The van der Waals surface area contributed by atoms with Crippen LogP contribution in [0.5, 0.6) is 5.75 Å². The second kappa shape index (κ2) is 5.98. The molecule has 0 fully saturated rings. The number of benzene rings is 1. The number of thiazole rings is 1. The first-order chi connectivity index (χ1) is 9.47. The number of nitrogens with zero attached hydrogens (tertiary/aromatic N) is 2. The molecule has 1 aromatic carbocycles. The number of nitro benzene ring substituents is 1. The van der Waals surface area contributed by atoms with Gasteiger partial charge in [0.05, 0.1) is 20.9 Å². The van der Waals surface area contributed by atoms with Gasteiger partial charge in [-0.2, -0.15) is 0 Å². The van der Waals surface area contributed by atoms with Crippen molar-refractivity contribution in [1.82, 2.24) is 4.98 Å². The maximum absolute atomic E-state index is 10.7. The van der Waals surface area contributed by atoms with E-state index < -0.39 is 11.0 Å². The summed E-state index contributed by atoms with van der Waals surface area (Å²) in [7, 11) is 0. The fraction of sp³-hybridized carbons (Fsp3) is 0.308. The lowest BCUT2D eigenvalue weighted by molar-refractivity contribution is -0.385. The number of ether oxygens (including phenoxy) is 1. The van der Waals surface area contributed by atoms with Gasteiger partial charge in [0.1, 0.15) is 12.4 Å². The summed E-state index contributed by atoms with van der Waals surface area (Å²) in [5.74, 6) is 0.441. The van der Waals surface area contributed by atoms with Crippen molar-refractivity contribution >= 4 is 17.0 Å². The summed E-state index contributed by atoms with van der Waals surface area (Å²) in [4.78, 5) is 15.3. The minimum atomic E-state index is -0.840. The van der Waals surface area contributed by atoms with Crippen molar-refractivity contribution < 1.29 is 14.8 Å². The Kier molecular flexibility index (Phi) is 4.31. The minimum Gasteiger partial charge on any atom is -0.488 e. The predicted octanol–water partition coefficient (Wildman–Crippen LogP) is 2.99. The molecule has 0 aliphatic rings. The Labute approximate surface area is 119 Å². The van der Waals surface area contributed by atoms with Gasteiger partial charge >= 0.3 is 0 Å². The lowest BCUT2D eigenvalue weighted by Gasteiger charge is -2.12. The molecular formula is C13H14N2O4S. The van der Waals surface area contributed by atoms with Crippen molar-refractivity contribution in [2.24, 2.45) is 0 Å². The fourth-order valence-corrected chi connectivity index (χ4v) is 2.44. The predicted molar refractivity (Wildman–Crippen MR) is 74.9 cm³/mol. The molecular weight excluding hydrogens is 280 g/mol. The van der Waals surface area contributed by atoms with Gasteiger partial charge in [0.2, 0.25) is 0 Å². The van der Waals surface area contributed by atoms with Crippen LogP contribution in [0.25, 0.3) is 0 Å². The summed E-state index contributed by atoms with van der Waals surface area (Å²) in [6.45, 7) is 3.77. The molecule has 1 unspecified atom stereocenters. The minimum absolute atomic E-state index is 0.0677. The fourth-order valence-electron chi connectivity index (χ4n) is 1.73. The second-order valence-electron chi connectivity index (χ2n) is 4.29. The van der Waals surface area contributed by atoms with E-state index in [0.29, 0.717) is 17.9 Å². The van der Waals surface area contributed by atoms with Crippen molar-refractivity contribution in [3.05, 3.63) is 50.0 Å². The van der Waals surface area contributed by atoms with E-state index in [2.05, 4.69) is 4.98 Å². The molecule has 0 saturated carbocycles. The van der Waals surface area contributed by atoms with Gasteiger partial charge in [0.15, 0.2) is 0 Å². The van der Waals surface area contributed by atoms with Gasteiger partial charge in [0, 0.05) is 23.9 Å².